The highest BCUT2D eigenvalue weighted by atomic mass is 15.1. The summed E-state index contributed by atoms with van der Waals surface area (Å²) in [6, 6.07) is 56.1. The van der Waals surface area contributed by atoms with Crippen LogP contribution in [-0.4, -0.2) is 0 Å². The second-order valence-corrected chi connectivity index (χ2v) is 13.3. The van der Waals surface area contributed by atoms with Crippen LogP contribution >= 0.6 is 0 Å². The molecule has 0 unspecified atom stereocenters. The summed E-state index contributed by atoms with van der Waals surface area (Å²) in [6.07, 6.45) is 0. The number of nitrogens with zero attached hydrogens (tertiary/aromatic N) is 1. The fourth-order valence-electron chi connectivity index (χ4n) is 8.49. The number of hydrogen-bond acceptors (Lipinski definition) is 1. The molecule has 10 rings (SSSR count). The molecule has 0 aliphatic heterocycles. The molecule has 0 aromatic heterocycles. The summed E-state index contributed by atoms with van der Waals surface area (Å²) < 4.78 is 0. The second kappa shape index (κ2) is 9.19. The molecule has 0 bridgehead atoms. The van der Waals surface area contributed by atoms with E-state index in [0.29, 0.717) is 0 Å². The van der Waals surface area contributed by atoms with Crippen LogP contribution in [0.1, 0.15) is 25.0 Å². The Bertz CT molecular complexity index is 2630. The van der Waals surface area contributed by atoms with E-state index in [1.807, 2.05) is 0 Å². The molecule has 0 saturated heterocycles. The third kappa shape index (κ3) is 3.30. The molecule has 1 heteroatoms. The molecular weight excluding hydrogens is 555 g/mol. The molecule has 0 spiro atoms. The van der Waals surface area contributed by atoms with E-state index in [2.05, 4.69) is 170 Å². The Morgan fingerprint density at radius 3 is 1.70 bits per heavy atom. The van der Waals surface area contributed by atoms with Crippen LogP contribution in [0.5, 0.6) is 0 Å². The molecule has 0 saturated carbocycles. The van der Waals surface area contributed by atoms with E-state index in [-0.39, 0.29) is 5.41 Å². The minimum atomic E-state index is -0.144. The number of anilines is 3. The molecule has 0 radical (unpaired) electrons. The van der Waals surface area contributed by atoms with Crippen LogP contribution in [0.4, 0.5) is 17.1 Å². The normalized spacial score (nSPS) is 13.6. The number of para-hydroxylation sites is 1. The van der Waals surface area contributed by atoms with Crippen molar-refractivity contribution in [2.45, 2.75) is 19.3 Å². The maximum absolute atomic E-state index is 2.49. The molecule has 0 amide bonds. The van der Waals surface area contributed by atoms with Crippen LogP contribution in [0, 0.1) is 0 Å². The van der Waals surface area contributed by atoms with Gasteiger partial charge in [-0.1, -0.05) is 141 Å². The van der Waals surface area contributed by atoms with Gasteiger partial charge < -0.3 is 4.90 Å². The fourth-order valence-corrected chi connectivity index (χ4v) is 8.49. The van der Waals surface area contributed by atoms with Crippen LogP contribution in [0.2, 0.25) is 0 Å². The van der Waals surface area contributed by atoms with Crippen molar-refractivity contribution in [3.63, 3.8) is 0 Å². The topological polar surface area (TPSA) is 3.24 Å². The lowest BCUT2D eigenvalue weighted by Crippen LogP contribution is -2.23. The number of hydrogen-bond donors (Lipinski definition) is 0. The van der Waals surface area contributed by atoms with Crippen LogP contribution in [-0.2, 0) is 5.41 Å². The van der Waals surface area contributed by atoms with Gasteiger partial charge in [0.1, 0.15) is 0 Å². The molecule has 0 heterocycles. The van der Waals surface area contributed by atoms with E-state index in [4.69, 9.17) is 0 Å². The van der Waals surface area contributed by atoms with Gasteiger partial charge >= 0.3 is 0 Å². The largest absolute Gasteiger partial charge is 0.309 e. The summed E-state index contributed by atoms with van der Waals surface area (Å²) in [5, 5.41) is 13.5. The van der Waals surface area contributed by atoms with E-state index in [1.54, 1.807) is 0 Å². The predicted octanol–water partition coefficient (Wildman–Crippen LogP) is 12.7. The molecule has 1 aliphatic rings. The van der Waals surface area contributed by atoms with E-state index >= 15 is 0 Å². The van der Waals surface area contributed by atoms with Crippen LogP contribution in [0.25, 0.3) is 65.0 Å². The van der Waals surface area contributed by atoms with Crippen molar-refractivity contribution in [1.82, 2.24) is 0 Å². The monoisotopic (exact) mass is 585 g/mol. The van der Waals surface area contributed by atoms with Gasteiger partial charge in [0.2, 0.25) is 0 Å². The molecule has 0 N–H and O–H groups in total. The van der Waals surface area contributed by atoms with Gasteiger partial charge in [0.05, 0.1) is 5.69 Å². The van der Waals surface area contributed by atoms with Gasteiger partial charge in [0.25, 0.3) is 0 Å². The first-order valence-electron chi connectivity index (χ1n) is 16.2. The minimum absolute atomic E-state index is 0.144. The third-order valence-electron chi connectivity index (χ3n) is 10.5. The van der Waals surface area contributed by atoms with Crippen molar-refractivity contribution in [3.05, 3.63) is 163 Å². The molecule has 0 fully saturated rings. The van der Waals surface area contributed by atoms with Gasteiger partial charge in [0, 0.05) is 32.9 Å². The van der Waals surface area contributed by atoms with Gasteiger partial charge in [-0.05, 0) is 84.2 Å². The Morgan fingerprint density at radius 1 is 0.370 bits per heavy atom. The van der Waals surface area contributed by atoms with Crippen molar-refractivity contribution >= 4 is 70.9 Å². The zero-order chi connectivity index (χ0) is 30.6. The lowest BCUT2D eigenvalue weighted by molar-refractivity contribution is 0.652. The molecule has 1 aliphatic carbocycles. The first kappa shape index (κ1) is 25.6. The Morgan fingerprint density at radius 2 is 0.935 bits per heavy atom. The lowest BCUT2D eigenvalue weighted by Gasteiger charge is -2.37. The fraction of sp³-hybridized carbons (Fsp3) is 0.0667. The highest BCUT2D eigenvalue weighted by molar-refractivity contribution is 6.42. The number of rotatable bonds is 4. The molecule has 0 atom stereocenters. The summed E-state index contributed by atoms with van der Waals surface area (Å²) in [5.74, 6) is 0. The maximum atomic E-state index is 2.49. The smallest absolute Gasteiger partial charge is 0.0619 e. The van der Waals surface area contributed by atoms with Crippen molar-refractivity contribution in [1.29, 1.82) is 0 Å². The average molecular weight is 586 g/mol. The van der Waals surface area contributed by atoms with Gasteiger partial charge in [-0.25, -0.2) is 0 Å². The SMILES string of the molecule is CC1(C)c2cccc3c(N(c4ccccc4)c4ccc(-c5ccccc5)cc4)c4cccc5c6cccc7ccc1c(c76)c(c23)c45. The van der Waals surface area contributed by atoms with Crippen molar-refractivity contribution in [2.75, 3.05) is 4.90 Å². The van der Waals surface area contributed by atoms with Crippen molar-refractivity contribution in [3.8, 4) is 11.1 Å². The van der Waals surface area contributed by atoms with Crippen LogP contribution < -0.4 is 4.90 Å². The summed E-state index contributed by atoms with van der Waals surface area (Å²) in [5.41, 5.74) is 8.66. The summed E-state index contributed by atoms with van der Waals surface area (Å²) in [4.78, 5) is 2.49. The third-order valence-corrected chi connectivity index (χ3v) is 10.5. The Hall–Kier alpha value is -5.66. The molecule has 9 aromatic carbocycles. The summed E-state index contributed by atoms with van der Waals surface area (Å²) >= 11 is 0. The lowest BCUT2D eigenvalue weighted by atomic mass is 9.68. The van der Waals surface area contributed by atoms with Gasteiger partial charge in [-0.3, -0.25) is 0 Å². The molecule has 46 heavy (non-hydrogen) atoms. The minimum Gasteiger partial charge on any atom is -0.309 e. The Labute approximate surface area is 268 Å². The predicted molar refractivity (Wildman–Crippen MR) is 197 cm³/mol. The Balaban J connectivity index is 1.39. The van der Waals surface area contributed by atoms with Crippen molar-refractivity contribution in [2.24, 2.45) is 0 Å². The number of fused-ring (bicyclic) bond motifs is 1. The first-order valence-corrected chi connectivity index (χ1v) is 16.2. The van der Waals surface area contributed by atoms with Crippen LogP contribution in [0.15, 0.2) is 152 Å². The molecule has 1 nitrogen and oxygen atoms in total. The van der Waals surface area contributed by atoms with E-state index in [9.17, 15) is 0 Å². The average Bonchev–Trinajstić information content (AvgIpc) is 3.11. The quantitative estimate of drug-likeness (QED) is 0.147. The second-order valence-electron chi connectivity index (χ2n) is 13.3. The summed E-state index contributed by atoms with van der Waals surface area (Å²) in [7, 11) is 0. The number of benzene rings is 9. The maximum Gasteiger partial charge on any atom is 0.0619 e. The van der Waals surface area contributed by atoms with Gasteiger partial charge in [-0.15, -0.1) is 0 Å². The standard InChI is InChI=1S/C45H31N/c1-45(2)37-21-11-20-36-41(37)43-40-34(33-17-9-14-30-24-27-38(45)42(43)39(30)33)18-10-19-35(40)44(36)46(31-15-7-4-8-16-31)32-25-22-29(23-26-32)28-12-5-3-6-13-28/h3-27H,1-2H3. The zero-order valence-corrected chi connectivity index (χ0v) is 25.9. The highest BCUT2D eigenvalue weighted by Gasteiger charge is 2.35. The van der Waals surface area contributed by atoms with Crippen molar-refractivity contribution < 1.29 is 0 Å². The van der Waals surface area contributed by atoms with E-state index < -0.39 is 0 Å². The van der Waals surface area contributed by atoms with Gasteiger partial charge in [-0.2, -0.15) is 0 Å². The highest BCUT2D eigenvalue weighted by Crippen LogP contribution is 2.56. The zero-order valence-electron chi connectivity index (χ0n) is 25.9. The van der Waals surface area contributed by atoms with Crippen LogP contribution in [0.3, 0.4) is 0 Å². The molecular formula is C45H31N. The van der Waals surface area contributed by atoms with Gasteiger partial charge in [0.15, 0.2) is 0 Å². The molecule has 216 valence electrons. The summed E-state index contributed by atoms with van der Waals surface area (Å²) in [6.45, 7) is 4.82. The van der Waals surface area contributed by atoms with E-state index in [1.165, 1.54) is 81.8 Å². The Kier molecular flexibility index (Phi) is 5.12. The van der Waals surface area contributed by atoms with E-state index in [0.717, 1.165) is 11.4 Å². The molecule has 9 aromatic rings. The first-order chi connectivity index (χ1) is 22.6.